The Labute approximate surface area is 235 Å². The lowest BCUT2D eigenvalue weighted by molar-refractivity contribution is -0.137. The van der Waals surface area contributed by atoms with E-state index in [0.29, 0.717) is 30.0 Å². The van der Waals surface area contributed by atoms with E-state index in [-0.39, 0.29) is 28.6 Å². The van der Waals surface area contributed by atoms with Gasteiger partial charge in [0.1, 0.15) is 17.7 Å². The van der Waals surface area contributed by atoms with Gasteiger partial charge in [0, 0.05) is 5.56 Å². The van der Waals surface area contributed by atoms with Crippen LogP contribution in [0.25, 0.3) is 11.6 Å². The second-order valence-corrected chi connectivity index (χ2v) is 12.6. The fourth-order valence-electron chi connectivity index (χ4n) is 4.47. The quantitative estimate of drug-likeness (QED) is 0.225. The number of fused-ring (bicyclic) bond motifs is 1. The SMILES string of the molecule is CC(=Cc1ccc2c(c1)N(S(=O)(=O)c1cccc(C(F)(F)F)c1)CC(CCC(C)(C)O)O2)c1c(F)cccc1Cl. The van der Waals surface area contributed by atoms with Gasteiger partial charge in [-0.05, 0) is 87.2 Å². The minimum atomic E-state index is -4.73. The number of halogens is 5. The lowest BCUT2D eigenvalue weighted by Crippen LogP contribution is -2.44. The highest BCUT2D eigenvalue weighted by atomic mass is 35.5. The van der Waals surface area contributed by atoms with E-state index in [1.165, 1.54) is 18.2 Å². The fourth-order valence-corrected chi connectivity index (χ4v) is 6.32. The van der Waals surface area contributed by atoms with E-state index in [0.717, 1.165) is 22.5 Å². The molecule has 3 aromatic rings. The zero-order valence-corrected chi connectivity index (χ0v) is 23.5. The van der Waals surface area contributed by atoms with E-state index >= 15 is 0 Å². The summed E-state index contributed by atoms with van der Waals surface area (Å²) >= 11 is 6.19. The van der Waals surface area contributed by atoms with Crippen LogP contribution in [0, 0.1) is 5.82 Å². The summed E-state index contributed by atoms with van der Waals surface area (Å²) in [6.45, 7) is 4.70. The van der Waals surface area contributed by atoms with Crippen LogP contribution in [0.15, 0.2) is 65.6 Å². The van der Waals surface area contributed by atoms with Crippen molar-refractivity contribution in [3.05, 3.63) is 88.2 Å². The summed E-state index contributed by atoms with van der Waals surface area (Å²) in [5.41, 5.74) is -0.825. The summed E-state index contributed by atoms with van der Waals surface area (Å²) in [5.74, 6) is -0.313. The second kappa shape index (κ2) is 11.1. The van der Waals surface area contributed by atoms with Crippen molar-refractivity contribution in [3.8, 4) is 5.75 Å². The number of sulfonamides is 1. The molecule has 0 aliphatic carbocycles. The maximum absolute atomic E-state index is 14.5. The maximum atomic E-state index is 14.5. The van der Waals surface area contributed by atoms with Crippen LogP contribution < -0.4 is 9.04 Å². The third kappa shape index (κ3) is 6.62. The molecule has 40 heavy (non-hydrogen) atoms. The van der Waals surface area contributed by atoms with Gasteiger partial charge >= 0.3 is 6.18 Å². The highest BCUT2D eigenvalue weighted by Crippen LogP contribution is 2.40. The lowest BCUT2D eigenvalue weighted by atomic mass is 9.99. The zero-order valence-electron chi connectivity index (χ0n) is 22.0. The number of aliphatic hydroxyl groups is 1. The standard InChI is InChI=1S/C29H28ClF4NO4S/c1-18(27-23(30)8-5-9-24(27)31)14-19-10-11-26-25(15-19)35(17-21(39-26)12-13-28(2,3)36)40(37,38)22-7-4-6-20(16-22)29(32,33)34/h4-11,14-16,21,36H,12-13,17H2,1-3H3. The van der Waals surface area contributed by atoms with Crippen LogP contribution in [-0.4, -0.2) is 31.8 Å². The van der Waals surface area contributed by atoms with E-state index in [1.807, 2.05) is 0 Å². The van der Waals surface area contributed by atoms with Gasteiger partial charge in [-0.3, -0.25) is 4.31 Å². The van der Waals surface area contributed by atoms with E-state index in [1.54, 1.807) is 45.0 Å². The molecular formula is C29H28ClF4NO4S. The van der Waals surface area contributed by atoms with Crippen LogP contribution in [0.1, 0.15) is 50.3 Å². The van der Waals surface area contributed by atoms with Gasteiger partial charge in [-0.25, -0.2) is 12.8 Å². The lowest BCUT2D eigenvalue weighted by Gasteiger charge is -2.36. The van der Waals surface area contributed by atoms with Crippen molar-refractivity contribution in [1.29, 1.82) is 0 Å². The first-order valence-corrected chi connectivity index (χ1v) is 14.2. The molecule has 0 amide bonds. The van der Waals surface area contributed by atoms with Crippen molar-refractivity contribution < 1.29 is 35.8 Å². The van der Waals surface area contributed by atoms with Gasteiger partial charge in [0.05, 0.1) is 33.3 Å². The molecular weight excluding hydrogens is 570 g/mol. The first-order valence-electron chi connectivity index (χ1n) is 12.4. The minimum Gasteiger partial charge on any atom is -0.486 e. The summed E-state index contributed by atoms with van der Waals surface area (Å²) in [4.78, 5) is -0.522. The van der Waals surface area contributed by atoms with Crippen molar-refractivity contribution in [1.82, 2.24) is 0 Å². The highest BCUT2D eigenvalue weighted by Gasteiger charge is 2.37. The fraction of sp³-hybridized carbons (Fsp3) is 0.310. The molecule has 0 saturated heterocycles. The normalized spacial score (nSPS) is 16.5. The Morgan fingerprint density at radius 1 is 1.12 bits per heavy atom. The molecule has 0 fully saturated rings. The number of nitrogens with zero attached hydrogens (tertiary/aromatic N) is 1. The Bertz CT molecular complexity index is 1530. The molecule has 1 aliphatic heterocycles. The van der Waals surface area contributed by atoms with Gasteiger partial charge in [0.15, 0.2) is 0 Å². The Balaban J connectivity index is 1.80. The zero-order chi connectivity index (χ0) is 29.5. The molecule has 1 N–H and O–H groups in total. The Morgan fingerprint density at radius 2 is 1.82 bits per heavy atom. The molecule has 4 rings (SSSR count). The number of ether oxygens (including phenoxy) is 1. The van der Waals surface area contributed by atoms with Crippen LogP contribution >= 0.6 is 11.6 Å². The van der Waals surface area contributed by atoms with Crippen molar-refractivity contribution >= 4 is 39.0 Å². The number of alkyl halides is 3. The minimum absolute atomic E-state index is 0.123. The summed E-state index contributed by atoms with van der Waals surface area (Å²) in [5, 5.41) is 10.4. The molecule has 11 heteroatoms. The van der Waals surface area contributed by atoms with Crippen molar-refractivity contribution in [2.24, 2.45) is 0 Å². The van der Waals surface area contributed by atoms with Crippen molar-refractivity contribution in [2.45, 2.75) is 56.4 Å². The summed E-state index contributed by atoms with van der Waals surface area (Å²) < 4.78 is 89.3. The number of benzene rings is 3. The molecule has 5 nitrogen and oxygen atoms in total. The third-order valence-corrected chi connectivity index (χ3v) is 8.57. The number of rotatable bonds is 7. The first-order chi connectivity index (χ1) is 18.6. The van der Waals surface area contributed by atoms with Gasteiger partial charge in [-0.15, -0.1) is 0 Å². The van der Waals surface area contributed by atoms with Crippen LogP contribution in [0.4, 0.5) is 23.2 Å². The third-order valence-electron chi connectivity index (χ3n) is 6.48. The number of allylic oxidation sites excluding steroid dienone is 1. The van der Waals surface area contributed by atoms with Gasteiger partial charge in [-0.1, -0.05) is 35.9 Å². The molecule has 0 aromatic heterocycles. The van der Waals surface area contributed by atoms with E-state index in [9.17, 15) is 31.1 Å². The molecule has 3 aromatic carbocycles. The molecule has 0 radical (unpaired) electrons. The van der Waals surface area contributed by atoms with Crippen LogP contribution in [-0.2, 0) is 16.2 Å². The molecule has 0 bridgehead atoms. The van der Waals surface area contributed by atoms with E-state index in [2.05, 4.69) is 0 Å². The maximum Gasteiger partial charge on any atom is 0.416 e. The topological polar surface area (TPSA) is 66.8 Å². The molecule has 1 heterocycles. The van der Waals surface area contributed by atoms with Crippen LogP contribution in [0.3, 0.4) is 0 Å². The van der Waals surface area contributed by atoms with Crippen molar-refractivity contribution in [3.63, 3.8) is 0 Å². The number of hydrogen-bond acceptors (Lipinski definition) is 4. The summed E-state index contributed by atoms with van der Waals surface area (Å²) in [6.07, 6.45) is -3.18. The van der Waals surface area contributed by atoms with Gasteiger partial charge in [0.25, 0.3) is 10.0 Å². The van der Waals surface area contributed by atoms with Crippen LogP contribution in [0.5, 0.6) is 5.75 Å². The van der Waals surface area contributed by atoms with Crippen LogP contribution in [0.2, 0.25) is 5.02 Å². The number of hydrogen-bond donors (Lipinski definition) is 1. The molecule has 0 spiro atoms. The Morgan fingerprint density at radius 3 is 2.48 bits per heavy atom. The molecule has 1 aliphatic rings. The molecule has 214 valence electrons. The van der Waals surface area contributed by atoms with Crippen molar-refractivity contribution in [2.75, 3.05) is 10.8 Å². The average molecular weight is 598 g/mol. The average Bonchev–Trinajstić information content (AvgIpc) is 2.86. The highest BCUT2D eigenvalue weighted by molar-refractivity contribution is 7.92. The molecule has 0 saturated carbocycles. The Hall–Kier alpha value is -3.08. The number of anilines is 1. The summed E-state index contributed by atoms with van der Waals surface area (Å²) in [7, 11) is -4.47. The first kappa shape index (κ1) is 29.9. The van der Waals surface area contributed by atoms with Gasteiger partial charge in [0.2, 0.25) is 0 Å². The molecule has 1 atom stereocenters. The van der Waals surface area contributed by atoms with Gasteiger partial charge < -0.3 is 9.84 Å². The smallest absolute Gasteiger partial charge is 0.416 e. The predicted molar refractivity (Wildman–Crippen MR) is 147 cm³/mol. The summed E-state index contributed by atoms with van der Waals surface area (Å²) in [6, 6.07) is 12.6. The predicted octanol–water partition coefficient (Wildman–Crippen LogP) is 7.57. The van der Waals surface area contributed by atoms with E-state index in [4.69, 9.17) is 16.3 Å². The monoisotopic (exact) mass is 597 g/mol. The Kier molecular flexibility index (Phi) is 8.27. The van der Waals surface area contributed by atoms with E-state index < -0.39 is 44.2 Å². The largest absolute Gasteiger partial charge is 0.486 e. The molecule has 1 unspecified atom stereocenters. The van der Waals surface area contributed by atoms with Gasteiger partial charge in [-0.2, -0.15) is 13.2 Å². The second-order valence-electron chi connectivity index (χ2n) is 10.3.